The Hall–Kier alpha value is -2.68. The minimum atomic E-state index is -4.42. The van der Waals surface area contributed by atoms with E-state index in [0.717, 1.165) is 12.1 Å². The summed E-state index contributed by atoms with van der Waals surface area (Å²) < 4.78 is 44.7. The first kappa shape index (κ1) is 19.1. The highest BCUT2D eigenvalue weighted by atomic mass is 19.4. The SMILES string of the molecule is Cc1nc(N2C[C@@H](c3cccc(C(F)(F)F)c3)OC[C@H]2C)ccc1[N+](=O)[O-]. The Morgan fingerprint density at radius 2 is 2.04 bits per heavy atom. The highest BCUT2D eigenvalue weighted by Crippen LogP contribution is 2.34. The van der Waals surface area contributed by atoms with Crippen LogP contribution in [0.1, 0.15) is 29.8 Å². The van der Waals surface area contributed by atoms with Crippen LogP contribution in [0, 0.1) is 17.0 Å². The molecular weight excluding hydrogens is 363 g/mol. The fourth-order valence-corrected chi connectivity index (χ4v) is 3.09. The van der Waals surface area contributed by atoms with Crippen molar-refractivity contribution in [2.75, 3.05) is 18.1 Å². The second-order valence-corrected chi connectivity index (χ2v) is 6.48. The van der Waals surface area contributed by atoms with Gasteiger partial charge in [0.05, 0.1) is 29.7 Å². The van der Waals surface area contributed by atoms with Crippen LogP contribution in [0.5, 0.6) is 0 Å². The first-order valence-electron chi connectivity index (χ1n) is 8.34. The molecule has 9 heteroatoms. The predicted molar refractivity (Wildman–Crippen MR) is 92.6 cm³/mol. The molecule has 1 aliphatic rings. The third-order valence-electron chi connectivity index (χ3n) is 4.55. The van der Waals surface area contributed by atoms with Crippen molar-refractivity contribution in [2.45, 2.75) is 32.2 Å². The van der Waals surface area contributed by atoms with Crippen molar-refractivity contribution in [3.05, 3.63) is 63.3 Å². The average molecular weight is 381 g/mol. The van der Waals surface area contributed by atoms with Crippen LogP contribution in [0.4, 0.5) is 24.7 Å². The van der Waals surface area contributed by atoms with Gasteiger partial charge in [-0.25, -0.2) is 4.98 Å². The summed E-state index contributed by atoms with van der Waals surface area (Å²) in [5, 5.41) is 11.0. The monoisotopic (exact) mass is 381 g/mol. The van der Waals surface area contributed by atoms with Gasteiger partial charge in [-0.05, 0) is 37.6 Å². The van der Waals surface area contributed by atoms with Gasteiger partial charge in [0.25, 0.3) is 5.69 Å². The molecule has 144 valence electrons. The van der Waals surface area contributed by atoms with Crippen molar-refractivity contribution in [3.8, 4) is 0 Å². The van der Waals surface area contributed by atoms with Crippen molar-refractivity contribution in [1.82, 2.24) is 4.98 Å². The summed E-state index contributed by atoms with van der Waals surface area (Å²) in [5.41, 5.74) is -0.0839. The highest BCUT2D eigenvalue weighted by molar-refractivity contribution is 5.48. The lowest BCUT2D eigenvalue weighted by atomic mass is 10.0. The molecule has 0 bridgehead atoms. The van der Waals surface area contributed by atoms with Crippen molar-refractivity contribution < 1.29 is 22.8 Å². The lowest BCUT2D eigenvalue weighted by Crippen LogP contribution is -2.45. The van der Waals surface area contributed by atoms with Gasteiger partial charge in [0.1, 0.15) is 17.6 Å². The van der Waals surface area contributed by atoms with Crippen molar-refractivity contribution in [2.24, 2.45) is 0 Å². The van der Waals surface area contributed by atoms with E-state index < -0.39 is 22.8 Å². The second-order valence-electron chi connectivity index (χ2n) is 6.48. The van der Waals surface area contributed by atoms with Gasteiger partial charge in [0.15, 0.2) is 0 Å². The van der Waals surface area contributed by atoms with Crippen LogP contribution in [0.15, 0.2) is 36.4 Å². The summed E-state index contributed by atoms with van der Waals surface area (Å²) in [6.07, 6.45) is -4.98. The smallest absolute Gasteiger partial charge is 0.370 e. The molecule has 1 saturated heterocycles. The van der Waals surface area contributed by atoms with E-state index in [-0.39, 0.29) is 17.4 Å². The molecule has 2 heterocycles. The molecule has 1 fully saturated rings. The summed E-state index contributed by atoms with van der Waals surface area (Å²) in [6.45, 7) is 4.06. The number of hydrogen-bond acceptors (Lipinski definition) is 5. The maximum absolute atomic E-state index is 13.0. The molecule has 0 saturated carbocycles. The predicted octanol–water partition coefficient (Wildman–Crippen LogP) is 4.28. The summed E-state index contributed by atoms with van der Waals surface area (Å²) in [5.74, 6) is 0.533. The number of halogens is 3. The maximum atomic E-state index is 13.0. The third kappa shape index (κ3) is 4.02. The third-order valence-corrected chi connectivity index (χ3v) is 4.55. The minimum Gasteiger partial charge on any atom is -0.370 e. The largest absolute Gasteiger partial charge is 0.416 e. The molecule has 1 aromatic heterocycles. The molecule has 27 heavy (non-hydrogen) atoms. The Labute approximate surface area is 153 Å². The van der Waals surface area contributed by atoms with Crippen LogP contribution >= 0.6 is 0 Å². The van der Waals surface area contributed by atoms with Crippen LogP contribution in [-0.4, -0.2) is 29.1 Å². The van der Waals surface area contributed by atoms with E-state index in [1.54, 1.807) is 19.1 Å². The number of hydrogen-bond donors (Lipinski definition) is 0. The van der Waals surface area contributed by atoms with Crippen LogP contribution in [-0.2, 0) is 10.9 Å². The van der Waals surface area contributed by atoms with Crippen molar-refractivity contribution in [3.63, 3.8) is 0 Å². The molecule has 2 atom stereocenters. The number of nitro groups is 1. The first-order valence-corrected chi connectivity index (χ1v) is 8.34. The van der Waals surface area contributed by atoms with E-state index in [2.05, 4.69) is 4.98 Å². The zero-order chi connectivity index (χ0) is 19.8. The Morgan fingerprint density at radius 1 is 1.30 bits per heavy atom. The molecule has 6 nitrogen and oxygen atoms in total. The van der Waals surface area contributed by atoms with E-state index in [0.29, 0.717) is 24.5 Å². The molecule has 3 rings (SSSR count). The number of ether oxygens (including phenoxy) is 1. The second kappa shape index (κ2) is 7.15. The molecular formula is C18H18F3N3O3. The van der Waals surface area contributed by atoms with Gasteiger partial charge in [-0.3, -0.25) is 10.1 Å². The van der Waals surface area contributed by atoms with Crippen molar-refractivity contribution in [1.29, 1.82) is 0 Å². The van der Waals surface area contributed by atoms with E-state index in [9.17, 15) is 23.3 Å². The maximum Gasteiger partial charge on any atom is 0.416 e. The molecule has 0 unspecified atom stereocenters. The summed E-state index contributed by atoms with van der Waals surface area (Å²) in [6, 6.07) is 7.94. The molecule has 0 radical (unpaired) electrons. The van der Waals surface area contributed by atoms with Gasteiger partial charge in [0.2, 0.25) is 0 Å². The lowest BCUT2D eigenvalue weighted by Gasteiger charge is -2.39. The van der Waals surface area contributed by atoms with Crippen LogP contribution in [0.3, 0.4) is 0 Å². The van der Waals surface area contributed by atoms with Gasteiger partial charge in [-0.1, -0.05) is 12.1 Å². The van der Waals surface area contributed by atoms with E-state index in [1.165, 1.54) is 12.1 Å². The fourth-order valence-electron chi connectivity index (χ4n) is 3.09. The molecule has 0 N–H and O–H groups in total. The summed E-state index contributed by atoms with van der Waals surface area (Å²) in [4.78, 5) is 16.7. The first-order chi connectivity index (χ1) is 12.7. The van der Waals surface area contributed by atoms with Crippen LogP contribution < -0.4 is 4.90 Å². The Kier molecular flexibility index (Phi) is 5.05. The Morgan fingerprint density at radius 3 is 2.67 bits per heavy atom. The Bertz CT molecular complexity index is 857. The number of nitrogens with zero attached hydrogens (tertiary/aromatic N) is 3. The van der Waals surface area contributed by atoms with Crippen LogP contribution in [0.2, 0.25) is 0 Å². The average Bonchev–Trinajstić information content (AvgIpc) is 2.61. The van der Waals surface area contributed by atoms with Crippen molar-refractivity contribution >= 4 is 11.5 Å². The number of morpholine rings is 1. The number of aryl methyl sites for hydroxylation is 1. The molecule has 2 aromatic rings. The Balaban J connectivity index is 1.87. The van der Waals surface area contributed by atoms with E-state index in [4.69, 9.17) is 4.74 Å². The topological polar surface area (TPSA) is 68.5 Å². The number of alkyl halides is 3. The number of rotatable bonds is 3. The number of pyridine rings is 1. The zero-order valence-corrected chi connectivity index (χ0v) is 14.7. The summed E-state index contributed by atoms with van der Waals surface area (Å²) >= 11 is 0. The molecule has 1 aliphatic heterocycles. The summed E-state index contributed by atoms with van der Waals surface area (Å²) in [7, 11) is 0. The standard InChI is InChI=1S/C18H18F3N3O3/c1-11-10-27-16(13-4-3-5-14(8-13)18(19,20)21)9-23(11)17-7-6-15(24(25)26)12(2)22-17/h3-8,11,16H,9-10H2,1-2H3/t11-,16+/m1/s1. The molecule has 0 aliphatic carbocycles. The molecule has 1 aromatic carbocycles. The fraction of sp³-hybridized carbons (Fsp3) is 0.389. The quantitative estimate of drug-likeness (QED) is 0.586. The van der Waals surface area contributed by atoms with Gasteiger partial charge in [0, 0.05) is 6.07 Å². The normalized spacial score (nSPS) is 20.6. The number of aromatic nitrogens is 1. The molecule has 0 spiro atoms. The van der Waals surface area contributed by atoms with Gasteiger partial charge < -0.3 is 9.64 Å². The zero-order valence-electron chi connectivity index (χ0n) is 14.7. The van der Waals surface area contributed by atoms with Gasteiger partial charge >= 0.3 is 6.18 Å². The van der Waals surface area contributed by atoms with Gasteiger partial charge in [-0.15, -0.1) is 0 Å². The minimum absolute atomic E-state index is 0.0691. The highest BCUT2D eigenvalue weighted by Gasteiger charge is 2.33. The van der Waals surface area contributed by atoms with Crippen LogP contribution in [0.25, 0.3) is 0 Å². The number of anilines is 1. The number of benzene rings is 1. The lowest BCUT2D eigenvalue weighted by molar-refractivity contribution is -0.385. The molecule has 0 amide bonds. The van der Waals surface area contributed by atoms with E-state index in [1.807, 2.05) is 11.8 Å². The van der Waals surface area contributed by atoms with E-state index >= 15 is 0 Å². The van der Waals surface area contributed by atoms with Gasteiger partial charge in [-0.2, -0.15) is 13.2 Å².